The number of nitro groups is 1. The lowest BCUT2D eigenvalue weighted by Gasteiger charge is -2.23. The quantitative estimate of drug-likeness (QED) is 0.472. The highest BCUT2D eigenvalue weighted by Crippen LogP contribution is 2.38. The van der Waals surface area contributed by atoms with Gasteiger partial charge in [-0.1, -0.05) is 20.8 Å². The molecule has 0 heterocycles. The summed E-state index contributed by atoms with van der Waals surface area (Å²) in [5.41, 5.74) is -0.260. The molecule has 19 heavy (non-hydrogen) atoms. The zero-order chi connectivity index (χ0) is 15.2. The van der Waals surface area contributed by atoms with E-state index < -0.39 is 25.4 Å². The van der Waals surface area contributed by atoms with E-state index in [2.05, 4.69) is 0 Å². The van der Waals surface area contributed by atoms with Crippen LogP contribution < -0.4 is 0 Å². The third-order valence-corrected chi connectivity index (χ3v) is 4.04. The molecular formula is C12H16NO5S-. The Morgan fingerprint density at radius 1 is 1.21 bits per heavy atom. The number of hydrogen-bond donors (Lipinski definition) is 0. The van der Waals surface area contributed by atoms with Crippen molar-refractivity contribution in [2.24, 2.45) is 0 Å². The smallest absolute Gasteiger partial charge is 0.277 e. The van der Waals surface area contributed by atoms with Crippen LogP contribution in [0.2, 0.25) is 0 Å². The molecule has 0 spiro atoms. The molecule has 0 unspecified atom stereocenters. The number of hydrogen-bond acceptors (Lipinski definition) is 5. The van der Waals surface area contributed by atoms with Gasteiger partial charge in [-0.2, -0.15) is 0 Å². The second-order valence-corrected chi connectivity index (χ2v) is 6.82. The van der Waals surface area contributed by atoms with Gasteiger partial charge in [-0.15, -0.1) is 0 Å². The van der Waals surface area contributed by atoms with Crippen molar-refractivity contribution < 1.29 is 17.9 Å². The molecule has 0 saturated carbocycles. The molecule has 0 fully saturated rings. The molecule has 0 bridgehead atoms. The lowest BCUT2D eigenvalue weighted by atomic mass is 9.83. The molecule has 6 nitrogen and oxygen atoms in total. The first-order chi connectivity index (χ1) is 8.37. The summed E-state index contributed by atoms with van der Waals surface area (Å²) in [6.07, 6.45) is 0. The van der Waals surface area contributed by atoms with Crippen LogP contribution in [0.1, 0.15) is 37.5 Å². The van der Waals surface area contributed by atoms with E-state index in [9.17, 15) is 23.1 Å². The molecule has 0 aromatic heterocycles. The van der Waals surface area contributed by atoms with Crippen LogP contribution in [0.3, 0.4) is 0 Å². The fraction of sp³-hybridized carbons (Fsp3) is 0.500. The molecule has 0 N–H and O–H groups in total. The second-order valence-electron chi connectivity index (χ2n) is 5.50. The zero-order valence-electron chi connectivity index (χ0n) is 11.5. The maximum Gasteiger partial charge on any atom is 0.277 e. The summed E-state index contributed by atoms with van der Waals surface area (Å²) in [7, 11) is -4.74. The first-order valence-electron chi connectivity index (χ1n) is 5.62. The van der Waals surface area contributed by atoms with Gasteiger partial charge in [0.25, 0.3) is 5.69 Å². The van der Waals surface area contributed by atoms with Crippen LogP contribution in [0, 0.1) is 24.0 Å². The summed E-state index contributed by atoms with van der Waals surface area (Å²) in [6, 6.07) is 1.41. The van der Waals surface area contributed by atoms with E-state index in [0.29, 0.717) is 5.56 Å². The molecule has 0 amide bonds. The molecular weight excluding hydrogens is 270 g/mol. The lowest BCUT2D eigenvalue weighted by Crippen LogP contribution is -2.17. The van der Waals surface area contributed by atoms with E-state index in [1.807, 2.05) is 0 Å². The molecule has 0 atom stereocenters. The lowest BCUT2D eigenvalue weighted by molar-refractivity contribution is -0.386. The summed E-state index contributed by atoms with van der Waals surface area (Å²) in [4.78, 5) is 10.1. The third kappa shape index (κ3) is 2.93. The summed E-state index contributed by atoms with van der Waals surface area (Å²) >= 11 is 0. The Balaban J connectivity index is 3.91. The topological polar surface area (TPSA) is 100 Å². The van der Waals surface area contributed by atoms with Crippen molar-refractivity contribution in [3.8, 4) is 0 Å². The van der Waals surface area contributed by atoms with Gasteiger partial charge >= 0.3 is 0 Å². The Morgan fingerprint density at radius 2 is 1.68 bits per heavy atom. The molecule has 0 aliphatic carbocycles. The molecule has 0 saturated heterocycles. The average molecular weight is 286 g/mol. The van der Waals surface area contributed by atoms with Gasteiger partial charge in [0.1, 0.15) is 10.1 Å². The highest BCUT2D eigenvalue weighted by atomic mass is 32.2. The molecule has 1 aromatic carbocycles. The third-order valence-electron chi connectivity index (χ3n) is 2.91. The predicted octanol–water partition coefficient (Wildman–Crippen LogP) is 2.41. The van der Waals surface area contributed by atoms with Crippen LogP contribution in [0.5, 0.6) is 0 Å². The summed E-state index contributed by atoms with van der Waals surface area (Å²) in [5, 5.41) is 11.2. The maximum atomic E-state index is 11.2. The fourth-order valence-corrected chi connectivity index (χ4v) is 3.07. The number of aryl methyl sites for hydroxylation is 1. The van der Waals surface area contributed by atoms with Crippen LogP contribution in [-0.4, -0.2) is 17.9 Å². The van der Waals surface area contributed by atoms with Gasteiger partial charge in [0.15, 0.2) is 0 Å². The van der Waals surface area contributed by atoms with E-state index in [1.54, 1.807) is 20.8 Å². The first kappa shape index (κ1) is 15.6. The van der Waals surface area contributed by atoms with Crippen LogP contribution >= 0.6 is 0 Å². The monoisotopic (exact) mass is 286 g/mol. The Labute approximate surface area is 112 Å². The van der Waals surface area contributed by atoms with E-state index in [4.69, 9.17) is 0 Å². The molecule has 1 aromatic rings. The first-order valence-corrected chi connectivity index (χ1v) is 7.03. The maximum absolute atomic E-state index is 11.2. The predicted molar refractivity (Wildman–Crippen MR) is 69.2 cm³/mol. The van der Waals surface area contributed by atoms with Gasteiger partial charge in [-0.05, 0) is 30.9 Å². The average Bonchev–Trinajstić information content (AvgIpc) is 2.11. The normalized spacial score (nSPS) is 12.5. The molecule has 0 aliphatic rings. The molecule has 0 aliphatic heterocycles. The van der Waals surface area contributed by atoms with Gasteiger partial charge < -0.3 is 4.55 Å². The highest BCUT2D eigenvalue weighted by Gasteiger charge is 2.30. The Hall–Kier alpha value is -1.47. The van der Waals surface area contributed by atoms with Crippen molar-refractivity contribution in [1.29, 1.82) is 0 Å². The Kier molecular flexibility index (Phi) is 3.75. The van der Waals surface area contributed by atoms with Crippen molar-refractivity contribution in [3.05, 3.63) is 32.9 Å². The number of nitro benzene ring substituents is 1. The van der Waals surface area contributed by atoms with Crippen LogP contribution in [0.15, 0.2) is 11.0 Å². The van der Waals surface area contributed by atoms with Crippen LogP contribution in [-0.2, 0) is 15.5 Å². The van der Waals surface area contributed by atoms with Crippen LogP contribution in [0.25, 0.3) is 0 Å². The number of nitrogens with zero attached hydrogens (tertiary/aromatic N) is 1. The summed E-state index contributed by atoms with van der Waals surface area (Å²) in [6.45, 7) is 8.14. The van der Waals surface area contributed by atoms with Gasteiger partial charge in [0, 0.05) is 11.1 Å². The van der Waals surface area contributed by atoms with E-state index in [0.717, 1.165) is 0 Å². The highest BCUT2D eigenvalue weighted by molar-refractivity contribution is 7.85. The second kappa shape index (κ2) is 4.57. The standard InChI is InChI=1S/C12H17NO5S/c1-7-6-9(12(3,4)5)10(13(14)15)8(2)11(7)19(16,17)18/h6H,1-5H3,(H,16,17,18)/p-1. The van der Waals surface area contributed by atoms with Gasteiger partial charge in [0.05, 0.1) is 9.82 Å². The Morgan fingerprint density at radius 3 is 2.00 bits per heavy atom. The van der Waals surface area contributed by atoms with E-state index in [1.165, 1.54) is 19.9 Å². The summed E-state index contributed by atoms with van der Waals surface area (Å²) in [5.74, 6) is 0. The van der Waals surface area contributed by atoms with E-state index >= 15 is 0 Å². The van der Waals surface area contributed by atoms with Crippen molar-refractivity contribution in [1.82, 2.24) is 0 Å². The zero-order valence-corrected chi connectivity index (χ0v) is 12.3. The minimum Gasteiger partial charge on any atom is -0.744 e. The summed E-state index contributed by atoms with van der Waals surface area (Å²) < 4.78 is 33.7. The molecule has 7 heteroatoms. The number of rotatable bonds is 2. The molecule has 1 rings (SSSR count). The largest absolute Gasteiger partial charge is 0.744 e. The van der Waals surface area contributed by atoms with Gasteiger partial charge in [-0.3, -0.25) is 10.1 Å². The van der Waals surface area contributed by atoms with Gasteiger partial charge in [-0.25, -0.2) is 8.42 Å². The van der Waals surface area contributed by atoms with Crippen LogP contribution in [0.4, 0.5) is 5.69 Å². The SMILES string of the molecule is Cc1cc(C(C)(C)C)c([N+](=O)[O-])c(C)c1S(=O)(=O)[O-]. The minimum absolute atomic E-state index is 0.0927. The van der Waals surface area contributed by atoms with E-state index in [-0.39, 0.29) is 16.8 Å². The molecule has 0 radical (unpaired) electrons. The van der Waals surface area contributed by atoms with Crippen molar-refractivity contribution in [2.75, 3.05) is 0 Å². The minimum atomic E-state index is -4.74. The van der Waals surface area contributed by atoms with Crippen molar-refractivity contribution in [3.63, 3.8) is 0 Å². The number of benzene rings is 1. The van der Waals surface area contributed by atoms with Crippen molar-refractivity contribution >= 4 is 15.8 Å². The van der Waals surface area contributed by atoms with Crippen molar-refractivity contribution in [2.45, 2.75) is 44.9 Å². The van der Waals surface area contributed by atoms with Gasteiger partial charge in [0.2, 0.25) is 0 Å². The molecule has 106 valence electrons. The fourth-order valence-electron chi connectivity index (χ4n) is 2.15. The Bertz CT molecular complexity index is 641.